The first-order valence-electron chi connectivity index (χ1n) is 5.27. The van der Waals surface area contributed by atoms with Crippen LogP contribution in [-0.2, 0) is 9.53 Å². The molecule has 0 bridgehead atoms. The molecule has 0 saturated carbocycles. The molecule has 1 spiro atoms. The van der Waals surface area contributed by atoms with Crippen LogP contribution in [0.25, 0.3) is 0 Å². The van der Waals surface area contributed by atoms with Gasteiger partial charge in [-0.25, -0.2) is 0 Å². The van der Waals surface area contributed by atoms with E-state index in [1.807, 2.05) is 6.08 Å². The molecule has 78 valence electrons. The molecule has 0 radical (unpaired) electrons. The molecule has 2 aliphatic rings. The number of carbonyl (C=O) groups is 1. The molecule has 3 nitrogen and oxygen atoms in total. The summed E-state index contributed by atoms with van der Waals surface area (Å²) in [7, 11) is 0. The summed E-state index contributed by atoms with van der Waals surface area (Å²) < 4.78 is 4.90. The first-order valence-corrected chi connectivity index (χ1v) is 5.27. The van der Waals surface area contributed by atoms with Gasteiger partial charge in [0.25, 0.3) is 0 Å². The Balaban J connectivity index is 2.02. The summed E-state index contributed by atoms with van der Waals surface area (Å²) in [6, 6.07) is 0.578. The molecule has 0 N–H and O–H groups in total. The van der Waals surface area contributed by atoms with Crippen molar-refractivity contribution in [3.63, 3.8) is 0 Å². The summed E-state index contributed by atoms with van der Waals surface area (Å²) >= 11 is 0. The molecule has 2 rings (SSSR count). The van der Waals surface area contributed by atoms with Crippen molar-refractivity contribution in [1.29, 1.82) is 0 Å². The highest BCUT2D eigenvalue weighted by atomic mass is 16.5. The smallest absolute Gasteiger partial charge is 0.320 e. The number of carbonyl (C=O) groups excluding carboxylic acids is 1. The van der Waals surface area contributed by atoms with Gasteiger partial charge in [-0.3, -0.25) is 4.79 Å². The van der Waals surface area contributed by atoms with E-state index in [2.05, 4.69) is 18.7 Å². The number of ether oxygens (including phenoxy) is 1. The summed E-state index contributed by atoms with van der Waals surface area (Å²) in [6.07, 6.45) is 5.29. The summed E-state index contributed by atoms with van der Waals surface area (Å²) in [5.41, 5.74) is -0.286. The third-order valence-electron chi connectivity index (χ3n) is 3.39. The van der Waals surface area contributed by atoms with Gasteiger partial charge < -0.3 is 9.64 Å². The molecule has 2 aliphatic heterocycles. The van der Waals surface area contributed by atoms with Gasteiger partial charge >= 0.3 is 5.97 Å². The highest BCUT2D eigenvalue weighted by molar-refractivity contribution is 5.82. The molecule has 0 aromatic heterocycles. The standard InChI is InChI=1S/C11H17NO2/c1-9(2)12-6-3-11(4-7-12)5-8-14-10(11)13/h5,8-9H,3-4,6-7H2,1-2H3. The van der Waals surface area contributed by atoms with Crippen LogP contribution in [0.4, 0.5) is 0 Å². The molecular weight excluding hydrogens is 178 g/mol. The SMILES string of the molecule is CC(C)N1CCC2(C=COC2=O)CC1. The predicted molar refractivity (Wildman–Crippen MR) is 53.6 cm³/mol. The zero-order chi connectivity index (χ0) is 10.2. The van der Waals surface area contributed by atoms with Crippen LogP contribution in [0.15, 0.2) is 12.3 Å². The fraction of sp³-hybridized carbons (Fsp3) is 0.727. The summed E-state index contributed by atoms with van der Waals surface area (Å²) in [4.78, 5) is 13.9. The van der Waals surface area contributed by atoms with Crippen LogP contribution in [0, 0.1) is 5.41 Å². The second-order valence-electron chi connectivity index (χ2n) is 4.49. The van der Waals surface area contributed by atoms with Gasteiger partial charge in [-0.1, -0.05) is 0 Å². The monoisotopic (exact) mass is 195 g/mol. The number of piperidine rings is 1. The maximum Gasteiger partial charge on any atom is 0.320 e. The number of likely N-dealkylation sites (tertiary alicyclic amines) is 1. The van der Waals surface area contributed by atoms with Gasteiger partial charge in [-0.15, -0.1) is 0 Å². The quantitative estimate of drug-likeness (QED) is 0.594. The maximum absolute atomic E-state index is 11.5. The van der Waals surface area contributed by atoms with Crippen LogP contribution in [-0.4, -0.2) is 30.0 Å². The molecule has 0 aromatic rings. The normalized spacial score (nSPS) is 26.1. The van der Waals surface area contributed by atoms with Crippen molar-refractivity contribution in [3.05, 3.63) is 12.3 Å². The van der Waals surface area contributed by atoms with E-state index in [4.69, 9.17) is 4.74 Å². The lowest BCUT2D eigenvalue weighted by Gasteiger charge is -2.37. The summed E-state index contributed by atoms with van der Waals surface area (Å²) in [5, 5.41) is 0. The van der Waals surface area contributed by atoms with Crippen molar-refractivity contribution in [2.75, 3.05) is 13.1 Å². The van der Waals surface area contributed by atoms with Crippen LogP contribution < -0.4 is 0 Å². The van der Waals surface area contributed by atoms with Crippen molar-refractivity contribution in [2.24, 2.45) is 5.41 Å². The Morgan fingerprint density at radius 1 is 1.43 bits per heavy atom. The largest absolute Gasteiger partial charge is 0.434 e. The van der Waals surface area contributed by atoms with Crippen molar-refractivity contribution in [3.8, 4) is 0 Å². The molecule has 2 heterocycles. The van der Waals surface area contributed by atoms with Crippen LogP contribution in [0.2, 0.25) is 0 Å². The molecule has 14 heavy (non-hydrogen) atoms. The number of nitrogens with zero attached hydrogens (tertiary/aromatic N) is 1. The third-order valence-corrected chi connectivity index (χ3v) is 3.39. The Hall–Kier alpha value is -0.830. The molecule has 0 unspecified atom stereocenters. The fourth-order valence-corrected chi connectivity index (χ4v) is 2.22. The number of cyclic esters (lactones) is 1. The predicted octanol–water partition coefficient (Wildman–Crippen LogP) is 1.55. The molecule has 0 atom stereocenters. The molecule has 1 fully saturated rings. The Labute approximate surface area is 84.7 Å². The number of rotatable bonds is 1. The van der Waals surface area contributed by atoms with Crippen molar-refractivity contribution < 1.29 is 9.53 Å². The van der Waals surface area contributed by atoms with E-state index in [-0.39, 0.29) is 11.4 Å². The topological polar surface area (TPSA) is 29.5 Å². The number of hydrogen-bond acceptors (Lipinski definition) is 3. The van der Waals surface area contributed by atoms with Gasteiger partial charge in [-0.05, 0) is 45.9 Å². The van der Waals surface area contributed by atoms with Crippen LogP contribution >= 0.6 is 0 Å². The molecular formula is C11H17NO2. The minimum Gasteiger partial charge on any atom is -0.434 e. The van der Waals surface area contributed by atoms with Crippen molar-refractivity contribution >= 4 is 5.97 Å². The van der Waals surface area contributed by atoms with E-state index in [1.165, 1.54) is 0 Å². The molecule has 0 amide bonds. The molecule has 0 aliphatic carbocycles. The van der Waals surface area contributed by atoms with Crippen LogP contribution in [0.3, 0.4) is 0 Å². The first-order chi connectivity index (χ1) is 6.64. The fourth-order valence-electron chi connectivity index (χ4n) is 2.22. The van der Waals surface area contributed by atoms with Crippen LogP contribution in [0.5, 0.6) is 0 Å². The first kappa shape index (κ1) is 9.71. The average Bonchev–Trinajstić information content (AvgIpc) is 2.49. The van der Waals surface area contributed by atoms with E-state index in [0.29, 0.717) is 6.04 Å². The minimum absolute atomic E-state index is 0.0547. The van der Waals surface area contributed by atoms with Gasteiger partial charge in [0, 0.05) is 6.04 Å². The van der Waals surface area contributed by atoms with Gasteiger partial charge in [0.2, 0.25) is 0 Å². The van der Waals surface area contributed by atoms with Gasteiger partial charge in [0.1, 0.15) is 0 Å². The number of hydrogen-bond donors (Lipinski definition) is 0. The Kier molecular flexibility index (Phi) is 2.35. The average molecular weight is 195 g/mol. The maximum atomic E-state index is 11.5. The van der Waals surface area contributed by atoms with E-state index in [1.54, 1.807) is 6.26 Å². The summed E-state index contributed by atoms with van der Waals surface area (Å²) in [6.45, 7) is 6.38. The van der Waals surface area contributed by atoms with Gasteiger partial charge in [-0.2, -0.15) is 0 Å². The highest BCUT2D eigenvalue weighted by Gasteiger charge is 2.43. The highest BCUT2D eigenvalue weighted by Crippen LogP contribution is 2.38. The van der Waals surface area contributed by atoms with Gasteiger partial charge in [0.15, 0.2) is 0 Å². The van der Waals surface area contributed by atoms with Crippen LogP contribution in [0.1, 0.15) is 26.7 Å². The Morgan fingerprint density at radius 3 is 2.50 bits per heavy atom. The summed E-state index contributed by atoms with van der Waals surface area (Å²) in [5.74, 6) is -0.0547. The third kappa shape index (κ3) is 1.46. The van der Waals surface area contributed by atoms with E-state index < -0.39 is 0 Å². The molecule has 0 aromatic carbocycles. The lowest BCUT2D eigenvalue weighted by molar-refractivity contribution is -0.146. The second kappa shape index (κ2) is 3.39. The zero-order valence-corrected chi connectivity index (χ0v) is 8.82. The molecule has 3 heteroatoms. The second-order valence-corrected chi connectivity index (χ2v) is 4.49. The Morgan fingerprint density at radius 2 is 2.07 bits per heavy atom. The van der Waals surface area contributed by atoms with Crippen molar-refractivity contribution in [1.82, 2.24) is 4.90 Å². The minimum atomic E-state index is -0.286. The lowest BCUT2D eigenvalue weighted by Crippen LogP contribution is -2.44. The van der Waals surface area contributed by atoms with E-state index in [0.717, 1.165) is 25.9 Å². The Bertz CT molecular complexity index is 262. The van der Waals surface area contributed by atoms with E-state index in [9.17, 15) is 4.79 Å². The van der Waals surface area contributed by atoms with E-state index >= 15 is 0 Å². The lowest BCUT2D eigenvalue weighted by atomic mass is 9.79. The number of esters is 1. The van der Waals surface area contributed by atoms with Gasteiger partial charge in [0.05, 0.1) is 11.7 Å². The molecule has 1 saturated heterocycles. The zero-order valence-electron chi connectivity index (χ0n) is 8.82. The van der Waals surface area contributed by atoms with Crippen molar-refractivity contribution in [2.45, 2.75) is 32.7 Å².